The molecule has 0 bridgehead atoms. The third-order valence-electron chi connectivity index (χ3n) is 4.95. The van der Waals surface area contributed by atoms with Crippen LogP contribution in [-0.2, 0) is 10.0 Å². The fraction of sp³-hybridized carbons (Fsp3) is 0.421. The number of aryl methyl sites for hydroxylation is 1. The van der Waals surface area contributed by atoms with E-state index in [4.69, 9.17) is 4.42 Å². The monoisotopic (exact) mass is 376 g/mol. The van der Waals surface area contributed by atoms with E-state index in [9.17, 15) is 13.2 Å². The Labute approximate surface area is 154 Å². The Hall–Kier alpha value is -2.12. The SMILES string of the molecule is Cc1ccoc1C(=O)Nc1ccc(S(=O)(=O)N(C)C2CCCCC2)cc1. The molecule has 0 atom stereocenters. The van der Waals surface area contributed by atoms with E-state index in [1.165, 1.54) is 29.1 Å². The predicted molar refractivity (Wildman–Crippen MR) is 99.7 cm³/mol. The minimum absolute atomic E-state index is 0.0649. The van der Waals surface area contributed by atoms with Crippen LogP contribution in [0.1, 0.15) is 48.2 Å². The van der Waals surface area contributed by atoms with Gasteiger partial charge in [-0.25, -0.2) is 8.42 Å². The van der Waals surface area contributed by atoms with Gasteiger partial charge in [0.25, 0.3) is 5.91 Å². The number of benzene rings is 1. The van der Waals surface area contributed by atoms with Gasteiger partial charge in [-0.1, -0.05) is 19.3 Å². The number of carbonyl (C=O) groups is 1. The van der Waals surface area contributed by atoms with Crippen LogP contribution in [0.4, 0.5) is 5.69 Å². The van der Waals surface area contributed by atoms with Gasteiger partial charge in [-0.2, -0.15) is 4.31 Å². The largest absolute Gasteiger partial charge is 0.459 e. The second kappa shape index (κ2) is 7.63. The maximum absolute atomic E-state index is 12.8. The highest BCUT2D eigenvalue weighted by Crippen LogP contribution is 2.27. The Kier molecular flexibility index (Phi) is 5.48. The molecular weight excluding hydrogens is 352 g/mol. The number of hydrogen-bond donors (Lipinski definition) is 1. The van der Waals surface area contributed by atoms with E-state index in [1.807, 2.05) is 0 Å². The van der Waals surface area contributed by atoms with Crippen molar-refractivity contribution >= 4 is 21.6 Å². The quantitative estimate of drug-likeness (QED) is 0.861. The molecule has 0 saturated heterocycles. The zero-order valence-electron chi connectivity index (χ0n) is 15.1. The van der Waals surface area contributed by atoms with E-state index < -0.39 is 10.0 Å². The first-order valence-corrected chi connectivity index (χ1v) is 10.3. The first kappa shape index (κ1) is 18.7. The molecule has 1 fully saturated rings. The zero-order chi connectivity index (χ0) is 18.7. The van der Waals surface area contributed by atoms with Crippen molar-refractivity contribution in [2.75, 3.05) is 12.4 Å². The van der Waals surface area contributed by atoms with E-state index in [1.54, 1.807) is 32.2 Å². The number of amides is 1. The summed E-state index contributed by atoms with van der Waals surface area (Å²) in [7, 11) is -1.88. The summed E-state index contributed by atoms with van der Waals surface area (Å²) in [4.78, 5) is 12.4. The Balaban J connectivity index is 1.72. The summed E-state index contributed by atoms with van der Waals surface area (Å²) in [5, 5.41) is 2.72. The van der Waals surface area contributed by atoms with Crippen LogP contribution in [0.25, 0.3) is 0 Å². The van der Waals surface area contributed by atoms with Crippen LogP contribution in [0.5, 0.6) is 0 Å². The van der Waals surface area contributed by atoms with Crippen molar-refractivity contribution in [3.63, 3.8) is 0 Å². The standard InChI is InChI=1S/C19H24N2O4S/c1-14-12-13-25-18(14)19(22)20-15-8-10-17(11-9-15)26(23,24)21(2)16-6-4-3-5-7-16/h8-13,16H,3-7H2,1-2H3,(H,20,22). The Morgan fingerprint density at radius 1 is 1.12 bits per heavy atom. The number of sulfonamides is 1. The molecule has 7 heteroatoms. The molecule has 3 rings (SSSR count). The van der Waals surface area contributed by atoms with Crippen LogP contribution >= 0.6 is 0 Å². The lowest BCUT2D eigenvalue weighted by molar-refractivity contribution is 0.0996. The zero-order valence-corrected chi connectivity index (χ0v) is 15.9. The molecule has 1 heterocycles. The Morgan fingerprint density at radius 2 is 1.77 bits per heavy atom. The van der Waals surface area contributed by atoms with Crippen LogP contribution in [0.2, 0.25) is 0 Å². The molecule has 26 heavy (non-hydrogen) atoms. The molecule has 0 unspecified atom stereocenters. The molecule has 1 amide bonds. The van der Waals surface area contributed by atoms with Crippen molar-refractivity contribution in [3.05, 3.63) is 47.9 Å². The number of nitrogens with one attached hydrogen (secondary N) is 1. The summed E-state index contributed by atoms with van der Waals surface area (Å²) >= 11 is 0. The summed E-state index contributed by atoms with van der Waals surface area (Å²) in [6.07, 6.45) is 6.59. The van der Waals surface area contributed by atoms with E-state index in [0.717, 1.165) is 31.2 Å². The fourth-order valence-corrected chi connectivity index (χ4v) is 4.73. The van der Waals surface area contributed by atoms with Crippen LogP contribution in [0.15, 0.2) is 45.9 Å². The molecule has 1 aliphatic rings. The number of rotatable bonds is 5. The van der Waals surface area contributed by atoms with E-state index >= 15 is 0 Å². The van der Waals surface area contributed by atoms with Gasteiger partial charge in [0.05, 0.1) is 11.2 Å². The molecule has 1 aliphatic carbocycles. The summed E-state index contributed by atoms with van der Waals surface area (Å²) in [6, 6.07) is 8.02. The van der Waals surface area contributed by atoms with Gasteiger partial charge < -0.3 is 9.73 Å². The first-order valence-electron chi connectivity index (χ1n) is 8.83. The number of carbonyl (C=O) groups excluding carboxylic acids is 1. The maximum Gasteiger partial charge on any atom is 0.291 e. The number of nitrogens with zero attached hydrogens (tertiary/aromatic N) is 1. The highest BCUT2D eigenvalue weighted by Gasteiger charge is 2.29. The van der Waals surface area contributed by atoms with Gasteiger partial charge in [-0.05, 0) is 50.1 Å². The molecule has 0 radical (unpaired) electrons. The smallest absolute Gasteiger partial charge is 0.291 e. The number of hydrogen-bond acceptors (Lipinski definition) is 4. The average molecular weight is 376 g/mol. The molecular formula is C19H24N2O4S. The molecule has 1 aromatic heterocycles. The van der Waals surface area contributed by atoms with E-state index in [2.05, 4.69) is 5.32 Å². The second-order valence-corrected chi connectivity index (χ2v) is 8.72. The summed E-state index contributed by atoms with van der Waals surface area (Å²) in [5.74, 6) is -0.110. The highest BCUT2D eigenvalue weighted by molar-refractivity contribution is 7.89. The van der Waals surface area contributed by atoms with Crippen LogP contribution in [0.3, 0.4) is 0 Å². The van der Waals surface area contributed by atoms with Crippen LogP contribution in [0, 0.1) is 6.92 Å². The summed E-state index contributed by atoms with van der Waals surface area (Å²) in [6.45, 7) is 1.79. The van der Waals surface area contributed by atoms with Crippen molar-refractivity contribution in [1.82, 2.24) is 4.31 Å². The summed E-state index contributed by atoms with van der Waals surface area (Å²) in [5.41, 5.74) is 1.26. The topological polar surface area (TPSA) is 79.6 Å². The minimum atomic E-state index is -3.53. The maximum atomic E-state index is 12.8. The van der Waals surface area contributed by atoms with Crippen LogP contribution in [-0.4, -0.2) is 31.7 Å². The molecule has 1 aromatic carbocycles. The van der Waals surface area contributed by atoms with Gasteiger partial charge in [0, 0.05) is 24.3 Å². The van der Waals surface area contributed by atoms with Gasteiger partial charge in [0.2, 0.25) is 10.0 Å². The lowest BCUT2D eigenvalue weighted by Crippen LogP contribution is -2.38. The molecule has 1 N–H and O–H groups in total. The average Bonchev–Trinajstić information content (AvgIpc) is 3.08. The number of furan rings is 1. The third kappa shape index (κ3) is 3.83. The van der Waals surface area contributed by atoms with Crippen molar-refractivity contribution in [1.29, 1.82) is 0 Å². The van der Waals surface area contributed by atoms with Gasteiger partial charge in [0.1, 0.15) is 0 Å². The molecule has 0 spiro atoms. The molecule has 0 aliphatic heterocycles. The normalized spacial score (nSPS) is 16.0. The molecule has 1 saturated carbocycles. The molecule has 6 nitrogen and oxygen atoms in total. The third-order valence-corrected chi connectivity index (χ3v) is 6.87. The highest BCUT2D eigenvalue weighted by atomic mass is 32.2. The Morgan fingerprint density at radius 3 is 2.35 bits per heavy atom. The molecule has 2 aromatic rings. The van der Waals surface area contributed by atoms with Gasteiger partial charge in [-0.3, -0.25) is 4.79 Å². The van der Waals surface area contributed by atoms with Gasteiger partial charge >= 0.3 is 0 Å². The summed E-state index contributed by atoms with van der Waals surface area (Å²) < 4.78 is 32.3. The van der Waals surface area contributed by atoms with E-state index in [0.29, 0.717) is 5.69 Å². The Bertz CT molecular complexity index is 865. The fourth-order valence-electron chi connectivity index (χ4n) is 3.31. The lowest BCUT2D eigenvalue weighted by atomic mass is 9.96. The van der Waals surface area contributed by atoms with Gasteiger partial charge in [-0.15, -0.1) is 0 Å². The second-order valence-electron chi connectivity index (χ2n) is 6.72. The van der Waals surface area contributed by atoms with Crippen molar-refractivity contribution in [2.45, 2.75) is 50.0 Å². The lowest BCUT2D eigenvalue weighted by Gasteiger charge is -2.30. The first-order chi connectivity index (χ1) is 12.4. The minimum Gasteiger partial charge on any atom is -0.459 e. The van der Waals surface area contributed by atoms with Crippen molar-refractivity contribution in [3.8, 4) is 0 Å². The van der Waals surface area contributed by atoms with Crippen LogP contribution < -0.4 is 5.32 Å². The number of anilines is 1. The van der Waals surface area contributed by atoms with Gasteiger partial charge in [0.15, 0.2) is 5.76 Å². The predicted octanol–water partition coefficient (Wildman–Crippen LogP) is 3.79. The van der Waals surface area contributed by atoms with E-state index in [-0.39, 0.29) is 22.6 Å². The van der Waals surface area contributed by atoms with Crippen molar-refractivity contribution < 1.29 is 17.6 Å². The molecule has 140 valence electrons. The van der Waals surface area contributed by atoms with Crippen molar-refractivity contribution in [2.24, 2.45) is 0 Å².